The highest BCUT2D eigenvalue weighted by molar-refractivity contribution is 7.99. The number of para-hydroxylation sites is 1. The summed E-state index contributed by atoms with van der Waals surface area (Å²) in [5.41, 5.74) is 0. The van der Waals surface area contributed by atoms with Gasteiger partial charge in [-0.25, -0.2) is 0 Å². The monoisotopic (exact) mass is 310 g/mol. The van der Waals surface area contributed by atoms with Gasteiger partial charge in [-0.05, 0) is 12.1 Å². The maximum atomic E-state index is 10.5. The average molecular weight is 310 g/mol. The summed E-state index contributed by atoms with van der Waals surface area (Å²) in [6.07, 6.45) is -0.280. The number of carboxylic acids is 1. The molecule has 0 fully saturated rings. The molecule has 1 aromatic carbocycles. The second-order valence-corrected chi connectivity index (χ2v) is 5.95. The Morgan fingerprint density at radius 3 is 3.20 bits per heavy atom. The lowest BCUT2D eigenvalue weighted by Gasteiger charge is -2.22. The van der Waals surface area contributed by atoms with Gasteiger partial charge in [-0.15, -0.1) is 11.8 Å². The second-order valence-electron chi connectivity index (χ2n) is 3.97. The number of aliphatic carboxylic acids is 1. The molecule has 1 aliphatic rings. The summed E-state index contributed by atoms with van der Waals surface area (Å²) in [5, 5.41) is 12.7. The van der Waals surface area contributed by atoms with Gasteiger partial charge in [-0.1, -0.05) is 29.1 Å². The SMILES string of the molecule is O=C(O)CSc1nc(C2CSc3ccccc3O2)no1. The van der Waals surface area contributed by atoms with Crippen molar-refractivity contribution in [1.29, 1.82) is 0 Å². The third kappa shape index (κ3) is 2.91. The zero-order valence-corrected chi connectivity index (χ0v) is 11.8. The van der Waals surface area contributed by atoms with E-state index in [4.69, 9.17) is 14.4 Å². The fourth-order valence-corrected chi connectivity index (χ4v) is 3.16. The van der Waals surface area contributed by atoms with Crippen LogP contribution >= 0.6 is 23.5 Å². The highest BCUT2D eigenvalue weighted by Crippen LogP contribution is 2.39. The van der Waals surface area contributed by atoms with E-state index in [0.29, 0.717) is 11.6 Å². The minimum atomic E-state index is -0.923. The van der Waals surface area contributed by atoms with Crippen LogP contribution in [0.15, 0.2) is 38.9 Å². The molecule has 0 spiro atoms. The number of nitrogens with zero attached hydrogens (tertiary/aromatic N) is 2. The summed E-state index contributed by atoms with van der Waals surface area (Å²) >= 11 is 2.67. The average Bonchev–Trinajstić information content (AvgIpc) is 2.93. The molecule has 1 unspecified atom stereocenters. The van der Waals surface area contributed by atoms with Crippen LogP contribution in [0.1, 0.15) is 11.9 Å². The Labute approximate surface area is 122 Å². The van der Waals surface area contributed by atoms with Crippen molar-refractivity contribution in [3.63, 3.8) is 0 Å². The van der Waals surface area contributed by atoms with Gasteiger partial charge in [0.2, 0.25) is 5.82 Å². The zero-order valence-electron chi connectivity index (χ0n) is 10.2. The number of rotatable bonds is 4. The Kier molecular flexibility index (Phi) is 3.83. The predicted octanol–water partition coefficient (Wildman–Crippen LogP) is 2.47. The first kappa shape index (κ1) is 13.3. The van der Waals surface area contributed by atoms with Crippen molar-refractivity contribution in [1.82, 2.24) is 10.1 Å². The van der Waals surface area contributed by atoms with Gasteiger partial charge in [0.25, 0.3) is 5.22 Å². The number of carbonyl (C=O) groups is 1. The normalized spacial score (nSPS) is 17.3. The maximum Gasteiger partial charge on any atom is 0.314 e. The first-order valence-corrected chi connectivity index (χ1v) is 7.76. The largest absolute Gasteiger partial charge is 0.481 e. The van der Waals surface area contributed by atoms with Gasteiger partial charge < -0.3 is 14.4 Å². The number of hydrogen-bond donors (Lipinski definition) is 1. The summed E-state index contributed by atoms with van der Waals surface area (Å²) in [4.78, 5) is 15.7. The number of thioether (sulfide) groups is 2. The molecule has 1 atom stereocenters. The highest BCUT2D eigenvalue weighted by Gasteiger charge is 2.26. The Hall–Kier alpha value is -1.67. The van der Waals surface area contributed by atoms with Gasteiger partial charge in [-0.3, -0.25) is 4.79 Å². The summed E-state index contributed by atoms with van der Waals surface area (Å²) in [6, 6.07) is 7.77. The standard InChI is InChI=1S/C12H10N2O4S2/c15-10(16)6-20-12-13-11(14-18-12)8-5-19-9-4-2-1-3-7(9)17-8/h1-4,8H,5-6H2,(H,15,16). The van der Waals surface area contributed by atoms with Crippen LogP contribution in [0.5, 0.6) is 5.75 Å². The van der Waals surface area contributed by atoms with Crippen LogP contribution < -0.4 is 4.74 Å². The molecule has 1 N–H and O–H groups in total. The van der Waals surface area contributed by atoms with Gasteiger partial charge in [0, 0.05) is 10.6 Å². The molecule has 2 aromatic rings. The number of aromatic nitrogens is 2. The molecule has 0 radical (unpaired) electrons. The lowest BCUT2D eigenvalue weighted by Crippen LogP contribution is -2.16. The molecule has 0 aliphatic carbocycles. The number of ether oxygens (including phenoxy) is 1. The van der Waals surface area contributed by atoms with Gasteiger partial charge >= 0.3 is 5.97 Å². The molecular weight excluding hydrogens is 300 g/mol. The molecule has 1 aliphatic heterocycles. The van der Waals surface area contributed by atoms with E-state index in [2.05, 4.69) is 10.1 Å². The second kappa shape index (κ2) is 5.76. The van der Waals surface area contributed by atoms with E-state index in [-0.39, 0.29) is 17.1 Å². The van der Waals surface area contributed by atoms with E-state index in [0.717, 1.165) is 22.4 Å². The molecule has 2 heterocycles. The van der Waals surface area contributed by atoms with Crippen LogP contribution in [0, 0.1) is 0 Å². The number of hydrogen-bond acceptors (Lipinski definition) is 7. The van der Waals surface area contributed by atoms with Gasteiger partial charge in [0.1, 0.15) is 11.5 Å². The van der Waals surface area contributed by atoms with Crippen LogP contribution in [0.25, 0.3) is 0 Å². The first-order valence-electron chi connectivity index (χ1n) is 5.79. The van der Waals surface area contributed by atoms with Crippen molar-refractivity contribution in [3.8, 4) is 5.75 Å². The fraction of sp³-hybridized carbons (Fsp3) is 0.250. The maximum absolute atomic E-state index is 10.5. The molecule has 1 aromatic heterocycles. The molecule has 104 valence electrons. The Bertz CT molecular complexity index is 631. The van der Waals surface area contributed by atoms with E-state index in [1.54, 1.807) is 11.8 Å². The third-order valence-electron chi connectivity index (χ3n) is 2.54. The zero-order chi connectivity index (χ0) is 13.9. The molecule has 3 rings (SSSR count). The molecule has 8 heteroatoms. The molecule has 20 heavy (non-hydrogen) atoms. The minimum absolute atomic E-state index is 0.106. The molecule has 0 saturated heterocycles. The van der Waals surface area contributed by atoms with Crippen LogP contribution in [-0.4, -0.2) is 32.7 Å². The molecule has 0 amide bonds. The van der Waals surface area contributed by atoms with E-state index in [1.807, 2.05) is 24.3 Å². The molecule has 6 nitrogen and oxygen atoms in total. The van der Waals surface area contributed by atoms with Crippen molar-refractivity contribution in [2.24, 2.45) is 0 Å². The lowest BCUT2D eigenvalue weighted by molar-refractivity contribution is -0.133. The quantitative estimate of drug-likeness (QED) is 0.862. The number of carboxylic acid groups (broad SMARTS) is 1. The van der Waals surface area contributed by atoms with Crippen LogP contribution in [0.3, 0.4) is 0 Å². The lowest BCUT2D eigenvalue weighted by atomic mass is 10.3. The summed E-state index contributed by atoms with van der Waals surface area (Å²) in [6.45, 7) is 0. The fourth-order valence-electron chi connectivity index (χ4n) is 1.68. The molecular formula is C12H10N2O4S2. The Morgan fingerprint density at radius 2 is 2.35 bits per heavy atom. The minimum Gasteiger partial charge on any atom is -0.481 e. The van der Waals surface area contributed by atoms with Crippen molar-refractivity contribution >= 4 is 29.5 Å². The Morgan fingerprint density at radius 1 is 1.50 bits per heavy atom. The van der Waals surface area contributed by atoms with Crippen molar-refractivity contribution in [2.75, 3.05) is 11.5 Å². The highest BCUT2D eigenvalue weighted by atomic mass is 32.2. The Balaban J connectivity index is 1.70. The first-order chi connectivity index (χ1) is 9.72. The van der Waals surface area contributed by atoms with Gasteiger partial charge in [0.15, 0.2) is 6.10 Å². The van der Waals surface area contributed by atoms with Crippen LogP contribution in [0.4, 0.5) is 0 Å². The molecule has 0 saturated carbocycles. The summed E-state index contributed by atoms with van der Waals surface area (Å²) in [7, 11) is 0. The van der Waals surface area contributed by atoms with Gasteiger partial charge in [0.05, 0.1) is 0 Å². The van der Waals surface area contributed by atoms with Crippen molar-refractivity contribution < 1.29 is 19.2 Å². The smallest absolute Gasteiger partial charge is 0.314 e. The third-order valence-corrected chi connectivity index (χ3v) is 4.46. The van der Waals surface area contributed by atoms with E-state index in [1.165, 1.54) is 0 Å². The van der Waals surface area contributed by atoms with E-state index in [9.17, 15) is 4.79 Å². The van der Waals surface area contributed by atoms with Gasteiger partial charge in [-0.2, -0.15) is 4.98 Å². The van der Waals surface area contributed by atoms with E-state index >= 15 is 0 Å². The topological polar surface area (TPSA) is 85.5 Å². The van der Waals surface area contributed by atoms with Crippen LogP contribution in [0.2, 0.25) is 0 Å². The van der Waals surface area contributed by atoms with Crippen LogP contribution in [-0.2, 0) is 4.79 Å². The number of benzene rings is 1. The van der Waals surface area contributed by atoms with Crippen molar-refractivity contribution in [3.05, 3.63) is 30.1 Å². The number of fused-ring (bicyclic) bond motifs is 1. The summed E-state index contributed by atoms with van der Waals surface area (Å²) in [5.74, 6) is 0.913. The van der Waals surface area contributed by atoms with E-state index < -0.39 is 5.97 Å². The van der Waals surface area contributed by atoms with Crippen molar-refractivity contribution in [2.45, 2.75) is 16.2 Å². The predicted molar refractivity (Wildman–Crippen MR) is 73.2 cm³/mol. The molecule has 0 bridgehead atoms. The summed E-state index contributed by atoms with van der Waals surface area (Å²) < 4.78 is 10.8.